The number of nitrogens with one attached hydrogen (secondary N) is 1. The molecule has 0 amide bonds. The highest BCUT2D eigenvalue weighted by Crippen LogP contribution is 2.25. The summed E-state index contributed by atoms with van der Waals surface area (Å²) >= 11 is 3.24. The van der Waals surface area contributed by atoms with Gasteiger partial charge in [-0.25, -0.2) is 8.42 Å². The van der Waals surface area contributed by atoms with Crippen LogP contribution in [0.2, 0.25) is 0 Å². The van der Waals surface area contributed by atoms with Crippen molar-refractivity contribution < 1.29 is 8.42 Å². The number of halogens is 1. The van der Waals surface area contributed by atoms with Crippen molar-refractivity contribution in [1.29, 1.82) is 0 Å². The topological polar surface area (TPSA) is 75.4 Å². The molecule has 0 radical (unpaired) electrons. The Hall–Kier alpha value is -1.73. The van der Waals surface area contributed by atoms with Crippen LogP contribution in [0.3, 0.4) is 0 Å². The Kier molecular flexibility index (Phi) is 4.43. The number of nitrogens with zero attached hydrogens (tertiary/aromatic N) is 1. The van der Waals surface area contributed by atoms with Gasteiger partial charge in [0.05, 0.1) is 10.6 Å². The number of nitrogen functional groups attached to an aromatic ring is 1. The number of nitrogens with two attached hydrogens (primary N) is 1. The molecule has 0 spiro atoms. The van der Waals surface area contributed by atoms with Gasteiger partial charge < -0.3 is 10.6 Å². The summed E-state index contributed by atoms with van der Waals surface area (Å²) in [6.45, 7) is 0. The number of sulfonamides is 1. The third-order valence-electron chi connectivity index (χ3n) is 2.89. The largest absolute Gasteiger partial charge is 0.398 e. The maximum atomic E-state index is 12.4. The van der Waals surface area contributed by atoms with E-state index in [4.69, 9.17) is 5.73 Å². The minimum absolute atomic E-state index is 0.124. The van der Waals surface area contributed by atoms with E-state index in [0.717, 1.165) is 5.69 Å². The maximum absolute atomic E-state index is 12.4. The molecular formula is C14H16BrN3O2S. The van der Waals surface area contributed by atoms with Crippen LogP contribution in [0, 0.1) is 0 Å². The first-order valence-electron chi connectivity index (χ1n) is 6.15. The van der Waals surface area contributed by atoms with E-state index in [-0.39, 0.29) is 4.90 Å². The molecule has 112 valence electrons. The van der Waals surface area contributed by atoms with Crippen LogP contribution in [0.5, 0.6) is 0 Å². The van der Waals surface area contributed by atoms with E-state index in [1.54, 1.807) is 24.3 Å². The normalized spacial score (nSPS) is 11.2. The Morgan fingerprint density at radius 3 is 2.48 bits per heavy atom. The molecule has 2 rings (SSSR count). The van der Waals surface area contributed by atoms with Gasteiger partial charge in [-0.2, -0.15) is 0 Å². The molecule has 0 unspecified atom stereocenters. The molecule has 0 aliphatic rings. The highest BCUT2D eigenvalue weighted by molar-refractivity contribution is 9.10. The van der Waals surface area contributed by atoms with Crippen molar-refractivity contribution in [3.8, 4) is 0 Å². The van der Waals surface area contributed by atoms with E-state index in [0.29, 0.717) is 15.8 Å². The lowest BCUT2D eigenvalue weighted by Gasteiger charge is -2.14. The van der Waals surface area contributed by atoms with Crippen molar-refractivity contribution in [2.75, 3.05) is 29.5 Å². The average Bonchev–Trinajstić information content (AvgIpc) is 2.41. The number of benzene rings is 2. The fraction of sp³-hybridized carbons (Fsp3) is 0.143. The lowest BCUT2D eigenvalue weighted by atomic mass is 10.3. The summed E-state index contributed by atoms with van der Waals surface area (Å²) in [5, 5.41) is 0. The summed E-state index contributed by atoms with van der Waals surface area (Å²) in [7, 11) is 0.119. The summed E-state index contributed by atoms with van der Waals surface area (Å²) in [4.78, 5) is 2.02. The average molecular weight is 370 g/mol. The van der Waals surface area contributed by atoms with Gasteiger partial charge in [-0.05, 0) is 52.3 Å². The SMILES string of the molecule is CN(C)c1cccc(NS(=O)(=O)c2ccc(Br)c(N)c2)c1. The van der Waals surface area contributed by atoms with Crippen LogP contribution >= 0.6 is 15.9 Å². The zero-order chi connectivity index (χ0) is 15.6. The Labute approximate surface area is 132 Å². The Balaban J connectivity index is 2.33. The third kappa shape index (κ3) is 3.68. The summed E-state index contributed by atoms with van der Waals surface area (Å²) in [5.74, 6) is 0. The molecule has 3 N–H and O–H groups in total. The molecule has 2 aromatic carbocycles. The smallest absolute Gasteiger partial charge is 0.261 e. The van der Waals surface area contributed by atoms with Gasteiger partial charge in [-0.3, -0.25) is 4.72 Å². The monoisotopic (exact) mass is 369 g/mol. The first kappa shape index (κ1) is 15.7. The molecule has 0 aliphatic heterocycles. The molecule has 0 fully saturated rings. The zero-order valence-corrected chi connectivity index (χ0v) is 14.1. The molecule has 0 bridgehead atoms. The Bertz CT molecular complexity index is 761. The molecule has 0 saturated carbocycles. The first-order chi connectivity index (χ1) is 9.79. The van der Waals surface area contributed by atoms with Crippen LogP contribution in [0.4, 0.5) is 17.1 Å². The molecule has 0 saturated heterocycles. The van der Waals surface area contributed by atoms with Crippen LogP contribution in [0.15, 0.2) is 51.8 Å². The predicted octanol–water partition coefficient (Wildman–Crippen LogP) is 2.90. The molecular weight excluding hydrogens is 354 g/mol. The van der Waals surface area contributed by atoms with E-state index in [1.807, 2.05) is 25.1 Å². The van der Waals surface area contributed by atoms with Crippen molar-refractivity contribution >= 4 is 43.0 Å². The van der Waals surface area contributed by atoms with Crippen LogP contribution in [0.1, 0.15) is 0 Å². The minimum atomic E-state index is -3.66. The van der Waals surface area contributed by atoms with Gasteiger partial charge in [0, 0.05) is 29.9 Å². The van der Waals surface area contributed by atoms with Gasteiger partial charge in [0.1, 0.15) is 0 Å². The summed E-state index contributed by atoms with van der Waals surface area (Å²) in [5.41, 5.74) is 7.51. The van der Waals surface area contributed by atoms with Crippen molar-refractivity contribution in [3.63, 3.8) is 0 Å². The lowest BCUT2D eigenvalue weighted by Crippen LogP contribution is -2.14. The number of rotatable bonds is 4. The molecule has 0 aliphatic carbocycles. The fourth-order valence-electron chi connectivity index (χ4n) is 1.75. The molecule has 5 nitrogen and oxygen atoms in total. The van der Waals surface area contributed by atoms with Crippen molar-refractivity contribution in [1.82, 2.24) is 0 Å². The van der Waals surface area contributed by atoms with Crippen molar-refractivity contribution in [3.05, 3.63) is 46.9 Å². The molecule has 2 aromatic rings. The van der Waals surface area contributed by atoms with Gasteiger partial charge in [-0.1, -0.05) is 6.07 Å². The molecule has 0 atom stereocenters. The Morgan fingerprint density at radius 2 is 1.86 bits per heavy atom. The first-order valence-corrected chi connectivity index (χ1v) is 8.42. The number of hydrogen-bond donors (Lipinski definition) is 2. The quantitative estimate of drug-likeness (QED) is 0.812. The van der Waals surface area contributed by atoms with Crippen LogP contribution in [-0.2, 0) is 10.0 Å². The van der Waals surface area contributed by atoms with Gasteiger partial charge >= 0.3 is 0 Å². The maximum Gasteiger partial charge on any atom is 0.261 e. The van der Waals surface area contributed by atoms with Crippen LogP contribution in [0.25, 0.3) is 0 Å². The van der Waals surface area contributed by atoms with Crippen LogP contribution < -0.4 is 15.4 Å². The van der Waals surface area contributed by atoms with Gasteiger partial charge in [0.15, 0.2) is 0 Å². The lowest BCUT2D eigenvalue weighted by molar-refractivity contribution is 0.601. The molecule has 0 heterocycles. The second-order valence-corrected chi connectivity index (χ2v) is 7.27. The molecule has 0 aromatic heterocycles. The van der Waals surface area contributed by atoms with Gasteiger partial charge in [0.2, 0.25) is 0 Å². The van der Waals surface area contributed by atoms with Crippen molar-refractivity contribution in [2.45, 2.75) is 4.90 Å². The highest BCUT2D eigenvalue weighted by atomic mass is 79.9. The molecule has 7 heteroatoms. The van der Waals surface area contributed by atoms with E-state index < -0.39 is 10.0 Å². The van der Waals surface area contributed by atoms with Crippen molar-refractivity contribution in [2.24, 2.45) is 0 Å². The van der Waals surface area contributed by atoms with E-state index in [1.165, 1.54) is 12.1 Å². The number of anilines is 3. The highest BCUT2D eigenvalue weighted by Gasteiger charge is 2.15. The predicted molar refractivity (Wildman–Crippen MR) is 90.1 cm³/mol. The Morgan fingerprint density at radius 1 is 1.14 bits per heavy atom. The standard InChI is InChI=1S/C14H16BrN3O2S/c1-18(2)11-5-3-4-10(8-11)17-21(19,20)12-6-7-13(15)14(16)9-12/h3-9,17H,16H2,1-2H3. The summed E-state index contributed by atoms with van der Waals surface area (Å²) in [6.07, 6.45) is 0. The van der Waals surface area contributed by atoms with Gasteiger partial charge in [0.25, 0.3) is 10.0 Å². The zero-order valence-electron chi connectivity index (χ0n) is 11.7. The van der Waals surface area contributed by atoms with E-state index >= 15 is 0 Å². The van der Waals surface area contributed by atoms with E-state index in [9.17, 15) is 8.42 Å². The second kappa shape index (κ2) is 5.95. The summed E-state index contributed by atoms with van der Waals surface area (Å²) in [6, 6.07) is 11.7. The van der Waals surface area contributed by atoms with Crippen LogP contribution in [-0.4, -0.2) is 22.5 Å². The van der Waals surface area contributed by atoms with Gasteiger partial charge in [-0.15, -0.1) is 0 Å². The summed E-state index contributed by atoms with van der Waals surface area (Å²) < 4.78 is 27.9. The molecule has 21 heavy (non-hydrogen) atoms. The fourth-order valence-corrected chi connectivity index (χ4v) is 3.08. The third-order valence-corrected chi connectivity index (χ3v) is 4.99. The minimum Gasteiger partial charge on any atom is -0.398 e. The second-order valence-electron chi connectivity index (χ2n) is 4.73. The number of hydrogen-bond acceptors (Lipinski definition) is 4. The van der Waals surface area contributed by atoms with E-state index in [2.05, 4.69) is 20.7 Å².